The van der Waals surface area contributed by atoms with Gasteiger partial charge in [-0.15, -0.1) is 0 Å². The molecule has 1 aromatic rings. The predicted molar refractivity (Wildman–Crippen MR) is 83.0 cm³/mol. The highest BCUT2D eigenvalue weighted by molar-refractivity contribution is 5.85. The number of fused-ring (bicyclic) bond motifs is 1. The molecule has 0 fully saturated rings. The maximum Gasteiger partial charge on any atom is 0.239 e. The van der Waals surface area contributed by atoms with Crippen LogP contribution in [0.1, 0.15) is 31.4 Å². The van der Waals surface area contributed by atoms with Crippen LogP contribution in [0.25, 0.3) is 0 Å². The highest BCUT2D eigenvalue weighted by Gasteiger charge is 2.33. The van der Waals surface area contributed by atoms with Crippen molar-refractivity contribution in [1.29, 1.82) is 0 Å². The van der Waals surface area contributed by atoms with Gasteiger partial charge in [-0.3, -0.25) is 4.79 Å². The van der Waals surface area contributed by atoms with Crippen molar-refractivity contribution in [2.45, 2.75) is 39.2 Å². The predicted octanol–water partition coefficient (Wildman–Crippen LogP) is 1.60. The summed E-state index contributed by atoms with van der Waals surface area (Å²) in [5.74, 6) is -0.293. The van der Waals surface area contributed by atoms with Gasteiger partial charge in [-0.2, -0.15) is 0 Å². The van der Waals surface area contributed by atoms with E-state index in [0.29, 0.717) is 6.54 Å². The highest BCUT2D eigenvalue weighted by atomic mass is 16.1. The maximum atomic E-state index is 11.8. The molecule has 1 aliphatic heterocycles. The number of carbonyl (C=O) groups is 1. The molecule has 1 aliphatic rings. The molecule has 0 saturated carbocycles. The van der Waals surface area contributed by atoms with Gasteiger partial charge in [0.1, 0.15) is 5.54 Å². The lowest BCUT2D eigenvalue weighted by molar-refractivity contribution is -0.123. The Bertz CT molecular complexity index is 500. The number of carbonyl (C=O) groups excluding carboxylic acids is 1. The molecule has 1 aromatic carbocycles. The molecule has 0 bridgehead atoms. The minimum atomic E-state index is -0.686. The summed E-state index contributed by atoms with van der Waals surface area (Å²) in [5.41, 5.74) is 8.81. The van der Waals surface area contributed by atoms with Crippen LogP contribution >= 0.6 is 0 Å². The molecule has 1 amide bonds. The minimum Gasteiger partial charge on any atom is -0.369 e. The highest BCUT2D eigenvalue weighted by Crippen LogP contribution is 2.29. The van der Waals surface area contributed by atoms with Crippen LogP contribution < -0.4 is 16.0 Å². The van der Waals surface area contributed by atoms with Crippen LogP contribution in [0.5, 0.6) is 0 Å². The Hall–Kier alpha value is -1.55. The van der Waals surface area contributed by atoms with Crippen molar-refractivity contribution < 1.29 is 4.79 Å². The van der Waals surface area contributed by atoms with E-state index in [2.05, 4.69) is 35.3 Å². The standard InChI is InChI=1S/C16H25N3O/c1-4-18-16(3,15(17)20)11-19-9-5-6-13-10-12(2)7-8-14(13)19/h7-8,10,18H,4-6,9,11H2,1-3H3,(H2,17,20). The molecular weight excluding hydrogens is 250 g/mol. The molecule has 2 rings (SSSR count). The van der Waals surface area contributed by atoms with Crippen LogP contribution in [0.2, 0.25) is 0 Å². The van der Waals surface area contributed by atoms with Gasteiger partial charge < -0.3 is 16.0 Å². The van der Waals surface area contributed by atoms with E-state index in [1.807, 2.05) is 13.8 Å². The van der Waals surface area contributed by atoms with E-state index in [9.17, 15) is 4.79 Å². The van der Waals surface area contributed by atoms with Crippen molar-refractivity contribution in [2.24, 2.45) is 5.73 Å². The van der Waals surface area contributed by atoms with Gasteiger partial charge in [-0.25, -0.2) is 0 Å². The Morgan fingerprint density at radius 1 is 1.50 bits per heavy atom. The smallest absolute Gasteiger partial charge is 0.239 e. The summed E-state index contributed by atoms with van der Waals surface area (Å²) in [4.78, 5) is 14.1. The van der Waals surface area contributed by atoms with Gasteiger partial charge in [0.05, 0.1) is 0 Å². The van der Waals surface area contributed by atoms with Gasteiger partial charge in [0.2, 0.25) is 5.91 Å². The summed E-state index contributed by atoms with van der Waals surface area (Å²) in [6.07, 6.45) is 2.24. The number of aryl methyl sites for hydroxylation is 2. The molecule has 0 radical (unpaired) electrons. The van der Waals surface area contributed by atoms with E-state index in [1.165, 1.54) is 16.8 Å². The third kappa shape index (κ3) is 2.96. The summed E-state index contributed by atoms with van der Waals surface area (Å²) in [5, 5.41) is 3.23. The average Bonchev–Trinajstić information content (AvgIpc) is 2.38. The first-order valence-corrected chi connectivity index (χ1v) is 7.35. The first kappa shape index (κ1) is 14.9. The van der Waals surface area contributed by atoms with Crippen molar-refractivity contribution in [2.75, 3.05) is 24.5 Å². The fraction of sp³-hybridized carbons (Fsp3) is 0.562. The molecular formula is C16H25N3O. The molecule has 0 aliphatic carbocycles. The summed E-state index contributed by atoms with van der Waals surface area (Å²) in [7, 11) is 0. The van der Waals surface area contributed by atoms with E-state index in [-0.39, 0.29) is 5.91 Å². The summed E-state index contributed by atoms with van der Waals surface area (Å²) < 4.78 is 0. The lowest BCUT2D eigenvalue weighted by atomic mass is 9.95. The Balaban J connectivity index is 2.25. The van der Waals surface area contributed by atoms with Crippen LogP contribution in [-0.4, -0.2) is 31.1 Å². The van der Waals surface area contributed by atoms with Crippen LogP contribution in [0.4, 0.5) is 5.69 Å². The largest absolute Gasteiger partial charge is 0.369 e. The molecule has 1 unspecified atom stereocenters. The normalized spacial score (nSPS) is 17.4. The van der Waals surface area contributed by atoms with E-state index in [4.69, 9.17) is 5.73 Å². The topological polar surface area (TPSA) is 58.4 Å². The molecule has 3 N–H and O–H groups in total. The molecule has 0 spiro atoms. The Morgan fingerprint density at radius 2 is 2.25 bits per heavy atom. The number of anilines is 1. The van der Waals surface area contributed by atoms with Crippen molar-refractivity contribution in [3.8, 4) is 0 Å². The second-order valence-electron chi connectivity index (χ2n) is 5.88. The first-order chi connectivity index (χ1) is 9.46. The number of benzene rings is 1. The van der Waals surface area contributed by atoms with Crippen molar-refractivity contribution in [3.63, 3.8) is 0 Å². The lowest BCUT2D eigenvalue weighted by Gasteiger charge is -2.38. The van der Waals surface area contributed by atoms with Crippen LogP contribution in [0.3, 0.4) is 0 Å². The quantitative estimate of drug-likeness (QED) is 0.858. The fourth-order valence-corrected chi connectivity index (χ4v) is 2.96. The van der Waals surface area contributed by atoms with Crippen molar-refractivity contribution >= 4 is 11.6 Å². The first-order valence-electron chi connectivity index (χ1n) is 7.35. The van der Waals surface area contributed by atoms with Gasteiger partial charge in [-0.1, -0.05) is 24.6 Å². The molecule has 0 saturated heterocycles. The lowest BCUT2D eigenvalue weighted by Crippen LogP contribution is -2.60. The number of amides is 1. The number of primary amides is 1. The second-order valence-corrected chi connectivity index (χ2v) is 5.88. The molecule has 4 heteroatoms. The number of likely N-dealkylation sites (N-methyl/N-ethyl adjacent to an activating group) is 1. The number of hydrogen-bond donors (Lipinski definition) is 2. The van der Waals surface area contributed by atoms with Crippen molar-refractivity contribution in [1.82, 2.24) is 5.32 Å². The zero-order valence-corrected chi connectivity index (χ0v) is 12.7. The van der Waals surface area contributed by atoms with E-state index >= 15 is 0 Å². The van der Waals surface area contributed by atoms with Gasteiger partial charge in [-0.05, 0) is 44.9 Å². The summed E-state index contributed by atoms with van der Waals surface area (Å²) in [6, 6.07) is 6.54. The average molecular weight is 275 g/mol. The Morgan fingerprint density at radius 3 is 2.90 bits per heavy atom. The number of nitrogens with two attached hydrogens (primary N) is 1. The Kier molecular flexibility index (Phi) is 4.33. The SMILES string of the molecule is CCNC(C)(CN1CCCc2cc(C)ccc21)C(N)=O. The van der Waals surface area contributed by atoms with Crippen LogP contribution in [0, 0.1) is 6.92 Å². The van der Waals surface area contributed by atoms with E-state index in [1.54, 1.807) is 0 Å². The van der Waals surface area contributed by atoms with Crippen LogP contribution in [-0.2, 0) is 11.2 Å². The van der Waals surface area contributed by atoms with E-state index < -0.39 is 5.54 Å². The number of rotatable bonds is 5. The number of nitrogens with one attached hydrogen (secondary N) is 1. The molecule has 1 atom stereocenters. The second kappa shape index (κ2) is 5.83. The van der Waals surface area contributed by atoms with Gasteiger partial charge in [0.25, 0.3) is 0 Å². The molecule has 4 nitrogen and oxygen atoms in total. The minimum absolute atomic E-state index is 0.293. The third-order valence-corrected chi connectivity index (χ3v) is 4.07. The third-order valence-electron chi connectivity index (χ3n) is 4.07. The number of nitrogens with zero attached hydrogens (tertiary/aromatic N) is 1. The molecule has 0 aromatic heterocycles. The monoisotopic (exact) mass is 275 g/mol. The van der Waals surface area contributed by atoms with Crippen molar-refractivity contribution in [3.05, 3.63) is 29.3 Å². The molecule has 20 heavy (non-hydrogen) atoms. The molecule has 110 valence electrons. The van der Waals surface area contributed by atoms with Gasteiger partial charge in [0, 0.05) is 18.8 Å². The zero-order chi connectivity index (χ0) is 14.8. The van der Waals surface area contributed by atoms with E-state index in [0.717, 1.165) is 25.9 Å². The van der Waals surface area contributed by atoms with Crippen LogP contribution in [0.15, 0.2) is 18.2 Å². The number of hydrogen-bond acceptors (Lipinski definition) is 3. The zero-order valence-electron chi connectivity index (χ0n) is 12.7. The Labute approximate surface area is 121 Å². The summed E-state index contributed by atoms with van der Waals surface area (Å²) in [6.45, 7) is 8.33. The van der Waals surface area contributed by atoms with Gasteiger partial charge in [0.15, 0.2) is 0 Å². The van der Waals surface area contributed by atoms with Gasteiger partial charge >= 0.3 is 0 Å². The summed E-state index contributed by atoms with van der Waals surface area (Å²) >= 11 is 0. The fourth-order valence-electron chi connectivity index (χ4n) is 2.96. The molecule has 1 heterocycles. The maximum absolute atomic E-state index is 11.8.